The summed E-state index contributed by atoms with van der Waals surface area (Å²) in [6.07, 6.45) is 14.9. The number of fused-ring (bicyclic) bond motifs is 1. The summed E-state index contributed by atoms with van der Waals surface area (Å²) in [5.74, 6) is 0.562. The van der Waals surface area contributed by atoms with Gasteiger partial charge in [-0.25, -0.2) is 0 Å². The molecule has 0 heteroatoms. The highest BCUT2D eigenvalue weighted by atomic mass is 14.3. The fourth-order valence-corrected chi connectivity index (χ4v) is 5.51. The molecule has 0 saturated heterocycles. The minimum Gasteiger partial charge on any atom is -0.0949 e. The van der Waals surface area contributed by atoms with E-state index in [1.54, 1.807) is 0 Å². The molecule has 4 rings (SSSR count). The second-order valence-corrected chi connectivity index (χ2v) is 10.1. The monoisotopic (exact) mass is 436 g/mol. The first-order valence-corrected chi connectivity index (χ1v) is 13.0. The molecular weight excluding hydrogens is 396 g/mol. The Balaban J connectivity index is 1.55. The van der Waals surface area contributed by atoms with E-state index in [1.807, 2.05) is 0 Å². The second-order valence-electron chi connectivity index (χ2n) is 10.1. The summed E-state index contributed by atoms with van der Waals surface area (Å²) >= 11 is 0. The zero-order valence-corrected chi connectivity index (χ0v) is 21.4. The third kappa shape index (κ3) is 4.86. The molecule has 0 radical (unpaired) electrons. The van der Waals surface area contributed by atoms with Crippen molar-refractivity contribution in [1.82, 2.24) is 0 Å². The quantitative estimate of drug-likeness (QED) is 0.367. The molecule has 0 saturated carbocycles. The van der Waals surface area contributed by atoms with Gasteiger partial charge < -0.3 is 0 Å². The van der Waals surface area contributed by atoms with Crippen molar-refractivity contribution in [3.63, 3.8) is 0 Å². The van der Waals surface area contributed by atoms with Crippen molar-refractivity contribution in [2.24, 2.45) is 0 Å². The minimum absolute atomic E-state index is 0.562. The van der Waals surface area contributed by atoms with E-state index >= 15 is 0 Å². The average Bonchev–Trinajstić information content (AvgIpc) is 3.44. The Morgan fingerprint density at radius 1 is 0.939 bits per heavy atom. The lowest BCUT2D eigenvalue weighted by Gasteiger charge is -2.17. The van der Waals surface area contributed by atoms with Crippen molar-refractivity contribution in [1.29, 1.82) is 0 Å². The van der Waals surface area contributed by atoms with Gasteiger partial charge in [0.05, 0.1) is 0 Å². The van der Waals surface area contributed by atoms with E-state index in [2.05, 4.69) is 89.8 Å². The van der Waals surface area contributed by atoms with E-state index in [4.69, 9.17) is 0 Å². The van der Waals surface area contributed by atoms with Crippen LogP contribution in [-0.4, -0.2) is 0 Å². The van der Waals surface area contributed by atoms with Crippen LogP contribution in [0.25, 0.3) is 11.6 Å². The fourth-order valence-electron chi connectivity index (χ4n) is 5.51. The summed E-state index contributed by atoms with van der Waals surface area (Å²) in [5.41, 5.74) is 15.9. The van der Waals surface area contributed by atoms with Crippen molar-refractivity contribution >= 4 is 11.6 Å². The molecular formula is C33H40. The van der Waals surface area contributed by atoms with Crippen LogP contribution in [0.1, 0.15) is 98.7 Å². The standard InChI is InChI=1S/C33H40/c1-7-11-27-19-26(22(4)5)14-15-32(27)23(6)16-28-12-10-13-33(28)31-20-29-17-24(8-2)25(9-3)18-30(29)21-31/h12-15,17-20,22H,6-11,16,21H2,1-5H3. The van der Waals surface area contributed by atoms with Gasteiger partial charge in [-0.1, -0.05) is 96.2 Å². The molecule has 0 atom stereocenters. The summed E-state index contributed by atoms with van der Waals surface area (Å²) < 4.78 is 0. The molecule has 33 heavy (non-hydrogen) atoms. The third-order valence-electron chi connectivity index (χ3n) is 7.41. The average molecular weight is 437 g/mol. The summed E-state index contributed by atoms with van der Waals surface area (Å²) in [6.45, 7) is 15.9. The predicted octanol–water partition coefficient (Wildman–Crippen LogP) is 9.19. The molecule has 0 nitrogen and oxygen atoms in total. The maximum Gasteiger partial charge on any atom is -0.00136 e. The predicted molar refractivity (Wildman–Crippen MR) is 146 cm³/mol. The maximum atomic E-state index is 4.56. The van der Waals surface area contributed by atoms with Gasteiger partial charge in [0.25, 0.3) is 0 Å². The van der Waals surface area contributed by atoms with Gasteiger partial charge in [-0.05, 0) is 106 Å². The molecule has 0 unspecified atom stereocenters. The Bertz CT molecular complexity index is 1150. The van der Waals surface area contributed by atoms with Crippen molar-refractivity contribution in [3.05, 3.63) is 105 Å². The Labute approximate surface area is 201 Å². The maximum absolute atomic E-state index is 4.56. The molecule has 2 aromatic rings. The topological polar surface area (TPSA) is 0 Å². The molecule has 0 heterocycles. The number of rotatable bonds is 9. The first-order valence-electron chi connectivity index (χ1n) is 13.0. The van der Waals surface area contributed by atoms with E-state index in [9.17, 15) is 0 Å². The van der Waals surface area contributed by atoms with E-state index in [-0.39, 0.29) is 0 Å². The highest BCUT2D eigenvalue weighted by Gasteiger charge is 2.22. The summed E-state index contributed by atoms with van der Waals surface area (Å²) in [7, 11) is 0. The van der Waals surface area contributed by atoms with Crippen molar-refractivity contribution in [3.8, 4) is 0 Å². The largest absolute Gasteiger partial charge is 0.0949 e. The highest BCUT2D eigenvalue weighted by Crippen LogP contribution is 2.40. The lowest BCUT2D eigenvalue weighted by molar-refractivity contribution is 0.852. The molecule has 0 aliphatic heterocycles. The van der Waals surface area contributed by atoms with E-state index in [0.29, 0.717) is 5.92 Å². The Kier molecular flexibility index (Phi) is 7.23. The summed E-state index contributed by atoms with van der Waals surface area (Å²) in [4.78, 5) is 0. The van der Waals surface area contributed by atoms with Gasteiger partial charge >= 0.3 is 0 Å². The first kappa shape index (κ1) is 23.6. The van der Waals surface area contributed by atoms with Crippen LogP contribution in [0.4, 0.5) is 0 Å². The van der Waals surface area contributed by atoms with Crippen LogP contribution < -0.4 is 0 Å². The molecule has 0 aromatic heterocycles. The molecule has 0 spiro atoms. The fraction of sp³-hybridized carbons (Fsp3) is 0.394. The minimum atomic E-state index is 0.562. The Hall–Kier alpha value is -2.60. The van der Waals surface area contributed by atoms with Crippen LogP contribution >= 0.6 is 0 Å². The lowest BCUT2D eigenvalue weighted by atomic mass is 9.87. The van der Waals surface area contributed by atoms with Crippen molar-refractivity contribution < 1.29 is 0 Å². The summed E-state index contributed by atoms with van der Waals surface area (Å²) in [5, 5.41) is 0. The molecule has 2 aliphatic rings. The highest BCUT2D eigenvalue weighted by molar-refractivity contribution is 5.76. The number of benzene rings is 2. The number of hydrogen-bond donors (Lipinski definition) is 0. The zero-order chi connectivity index (χ0) is 23.5. The van der Waals surface area contributed by atoms with Gasteiger partial charge in [-0.2, -0.15) is 0 Å². The van der Waals surface area contributed by atoms with Crippen molar-refractivity contribution in [2.45, 2.75) is 85.5 Å². The molecule has 172 valence electrons. The van der Waals surface area contributed by atoms with Gasteiger partial charge in [0, 0.05) is 0 Å². The Morgan fingerprint density at radius 3 is 2.39 bits per heavy atom. The zero-order valence-electron chi connectivity index (χ0n) is 21.4. The van der Waals surface area contributed by atoms with Crippen LogP contribution in [0.2, 0.25) is 0 Å². The van der Waals surface area contributed by atoms with Crippen LogP contribution in [0, 0.1) is 0 Å². The van der Waals surface area contributed by atoms with Gasteiger partial charge in [-0.15, -0.1) is 0 Å². The molecule has 0 N–H and O–H groups in total. The van der Waals surface area contributed by atoms with Crippen LogP contribution in [0.3, 0.4) is 0 Å². The van der Waals surface area contributed by atoms with E-state index in [0.717, 1.165) is 38.5 Å². The van der Waals surface area contributed by atoms with E-state index in [1.165, 1.54) is 67.7 Å². The van der Waals surface area contributed by atoms with Crippen LogP contribution in [0.5, 0.6) is 0 Å². The van der Waals surface area contributed by atoms with Gasteiger partial charge in [0.1, 0.15) is 0 Å². The van der Waals surface area contributed by atoms with Gasteiger partial charge in [-0.3, -0.25) is 0 Å². The number of allylic oxidation sites excluding steroid dienone is 6. The van der Waals surface area contributed by atoms with Gasteiger partial charge in [0.15, 0.2) is 0 Å². The third-order valence-corrected chi connectivity index (χ3v) is 7.41. The molecule has 0 amide bonds. The second kappa shape index (κ2) is 10.1. The van der Waals surface area contributed by atoms with Crippen LogP contribution in [0.15, 0.2) is 65.8 Å². The van der Waals surface area contributed by atoms with Crippen molar-refractivity contribution in [2.75, 3.05) is 0 Å². The number of hydrogen-bond acceptors (Lipinski definition) is 0. The van der Waals surface area contributed by atoms with Crippen LogP contribution in [-0.2, 0) is 25.7 Å². The first-order chi connectivity index (χ1) is 15.9. The smallest absolute Gasteiger partial charge is 0.00136 e. The van der Waals surface area contributed by atoms with Gasteiger partial charge in [0.2, 0.25) is 0 Å². The molecule has 0 bridgehead atoms. The Morgan fingerprint density at radius 2 is 1.70 bits per heavy atom. The summed E-state index contributed by atoms with van der Waals surface area (Å²) in [6, 6.07) is 11.9. The number of aryl methyl sites for hydroxylation is 3. The SMILES string of the molecule is C=C(CC1=CCC=C1C1=Cc2cc(CC)c(CC)cc2C1)c1ccc(C(C)C)cc1CCC. The normalized spacial score (nSPS) is 14.9. The molecule has 0 fully saturated rings. The lowest BCUT2D eigenvalue weighted by Crippen LogP contribution is -1.99. The molecule has 2 aromatic carbocycles. The molecule has 2 aliphatic carbocycles. The van der Waals surface area contributed by atoms with E-state index < -0.39 is 0 Å².